The average Bonchev–Trinajstić information content (AvgIpc) is 2.23. The molecule has 0 aromatic carbocycles. The highest BCUT2D eigenvalue weighted by molar-refractivity contribution is 5.44. The van der Waals surface area contributed by atoms with Gasteiger partial charge in [0.2, 0.25) is 0 Å². The van der Waals surface area contributed by atoms with Crippen LogP contribution in [0.3, 0.4) is 0 Å². The zero-order valence-corrected chi connectivity index (χ0v) is 10.2. The number of aromatic nitrogens is 2. The predicted molar refractivity (Wildman–Crippen MR) is 65.4 cm³/mol. The van der Waals surface area contributed by atoms with Crippen LogP contribution in [0, 0.1) is 0 Å². The van der Waals surface area contributed by atoms with Crippen LogP contribution in [-0.2, 0) is 11.2 Å². The smallest absolute Gasteiger partial charge is 0.132 e. The second-order valence-electron chi connectivity index (χ2n) is 3.79. The lowest BCUT2D eigenvalue weighted by atomic mass is 10.4. The van der Waals surface area contributed by atoms with E-state index in [1.54, 1.807) is 6.07 Å². The SMILES string of the molecule is CCc1nc(N)cc(NCCOC(C)C)n1. The molecule has 0 radical (unpaired) electrons. The summed E-state index contributed by atoms with van der Waals surface area (Å²) in [6.07, 6.45) is 1.03. The molecule has 0 bridgehead atoms. The summed E-state index contributed by atoms with van der Waals surface area (Å²) in [6, 6.07) is 1.73. The van der Waals surface area contributed by atoms with Crippen LogP contribution >= 0.6 is 0 Å². The number of anilines is 2. The fourth-order valence-corrected chi connectivity index (χ4v) is 1.24. The van der Waals surface area contributed by atoms with Crippen molar-refractivity contribution in [2.24, 2.45) is 0 Å². The first-order valence-electron chi connectivity index (χ1n) is 5.60. The van der Waals surface area contributed by atoms with Gasteiger partial charge in [-0.25, -0.2) is 9.97 Å². The minimum atomic E-state index is 0.253. The van der Waals surface area contributed by atoms with E-state index in [-0.39, 0.29) is 6.10 Å². The van der Waals surface area contributed by atoms with Crippen molar-refractivity contribution >= 4 is 11.6 Å². The Bertz CT molecular complexity index is 328. The molecule has 0 saturated heterocycles. The third-order valence-corrected chi connectivity index (χ3v) is 1.97. The highest BCUT2D eigenvalue weighted by Gasteiger charge is 2.00. The number of hydrogen-bond donors (Lipinski definition) is 2. The minimum absolute atomic E-state index is 0.253. The van der Waals surface area contributed by atoms with Crippen LogP contribution in [0.5, 0.6) is 0 Å². The fraction of sp³-hybridized carbons (Fsp3) is 0.636. The van der Waals surface area contributed by atoms with E-state index in [0.29, 0.717) is 12.4 Å². The van der Waals surface area contributed by atoms with E-state index in [2.05, 4.69) is 15.3 Å². The van der Waals surface area contributed by atoms with Crippen LogP contribution in [-0.4, -0.2) is 29.2 Å². The van der Waals surface area contributed by atoms with Gasteiger partial charge in [0.15, 0.2) is 0 Å². The normalized spacial score (nSPS) is 10.8. The molecule has 1 aromatic rings. The number of ether oxygens (including phenoxy) is 1. The van der Waals surface area contributed by atoms with E-state index >= 15 is 0 Å². The van der Waals surface area contributed by atoms with Gasteiger partial charge in [-0.15, -0.1) is 0 Å². The number of hydrogen-bond acceptors (Lipinski definition) is 5. The Kier molecular flexibility index (Phi) is 4.98. The Morgan fingerprint density at radius 3 is 2.81 bits per heavy atom. The Morgan fingerprint density at radius 1 is 1.44 bits per heavy atom. The number of nitrogens with zero attached hydrogens (tertiary/aromatic N) is 2. The van der Waals surface area contributed by atoms with Crippen LogP contribution in [0.4, 0.5) is 11.6 Å². The molecule has 1 aromatic heterocycles. The maximum absolute atomic E-state index is 5.67. The molecule has 1 rings (SSSR count). The maximum Gasteiger partial charge on any atom is 0.132 e. The first-order valence-corrected chi connectivity index (χ1v) is 5.60. The van der Waals surface area contributed by atoms with Gasteiger partial charge in [-0.2, -0.15) is 0 Å². The van der Waals surface area contributed by atoms with E-state index in [4.69, 9.17) is 10.5 Å². The molecule has 0 atom stereocenters. The molecule has 5 heteroatoms. The molecule has 5 nitrogen and oxygen atoms in total. The molecule has 90 valence electrons. The number of rotatable bonds is 6. The van der Waals surface area contributed by atoms with Crippen molar-refractivity contribution in [3.8, 4) is 0 Å². The second kappa shape index (κ2) is 6.27. The van der Waals surface area contributed by atoms with Crippen LogP contribution in [0.2, 0.25) is 0 Å². The highest BCUT2D eigenvalue weighted by Crippen LogP contribution is 2.08. The van der Waals surface area contributed by atoms with E-state index in [9.17, 15) is 0 Å². The monoisotopic (exact) mass is 224 g/mol. The molecular weight excluding hydrogens is 204 g/mol. The maximum atomic E-state index is 5.67. The third kappa shape index (κ3) is 4.44. The topological polar surface area (TPSA) is 73.1 Å². The van der Waals surface area contributed by atoms with Gasteiger partial charge in [0.1, 0.15) is 17.5 Å². The van der Waals surface area contributed by atoms with Crippen molar-refractivity contribution in [1.82, 2.24) is 9.97 Å². The van der Waals surface area contributed by atoms with Crippen molar-refractivity contribution < 1.29 is 4.74 Å². The van der Waals surface area contributed by atoms with Crippen molar-refractivity contribution in [3.63, 3.8) is 0 Å². The van der Waals surface area contributed by atoms with E-state index in [0.717, 1.165) is 24.6 Å². The Balaban J connectivity index is 2.44. The number of aryl methyl sites for hydroxylation is 1. The zero-order chi connectivity index (χ0) is 12.0. The van der Waals surface area contributed by atoms with Crippen LogP contribution in [0.1, 0.15) is 26.6 Å². The third-order valence-electron chi connectivity index (χ3n) is 1.97. The molecule has 0 aliphatic rings. The largest absolute Gasteiger partial charge is 0.384 e. The van der Waals surface area contributed by atoms with E-state index in [1.807, 2.05) is 20.8 Å². The molecule has 0 spiro atoms. The Labute approximate surface area is 96.4 Å². The van der Waals surface area contributed by atoms with Gasteiger partial charge in [0, 0.05) is 19.0 Å². The van der Waals surface area contributed by atoms with Gasteiger partial charge in [0.05, 0.1) is 12.7 Å². The van der Waals surface area contributed by atoms with Gasteiger partial charge in [-0.3, -0.25) is 0 Å². The van der Waals surface area contributed by atoms with Gasteiger partial charge < -0.3 is 15.8 Å². The molecule has 0 saturated carbocycles. The zero-order valence-electron chi connectivity index (χ0n) is 10.2. The summed E-state index contributed by atoms with van der Waals surface area (Å²) >= 11 is 0. The Morgan fingerprint density at radius 2 is 2.19 bits per heavy atom. The quantitative estimate of drug-likeness (QED) is 0.716. The average molecular weight is 224 g/mol. The summed E-state index contributed by atoms with van der Waals surface area (Å²) in [4.78, 5) is 8.42. The van der Waals surface area contributed by atoms with Crippen molar-refractivity contribution in [3.05, 3.63) is 11.9 Å². The molecule has 0 aliphatic carbocycles. The van der Waals surface area contributed by atoms with Crippen LogP contribution < -0.4 is 11.1 Å². The summed E-state index contributed by atoms with van der Waals surface area (Å²) in [5.74, 6) is 2.02. The summed E-state index contributed by atoms with van der Waals surface area (Å²) < 4.78 is 5.41. The van der Waals surface area contributed by atoms with Crippen LogP contribution in [0.25, 0.3) is 0 Å². The number of nitrogens with two attached hydrogens (primary N) is 1. The summed E-state index contributed by atoms with van der Waals surface area (Å²) in [5.41, 5.74) is 5.67. The van der Waals surface area contributed by atoms with Gasteiger partial charge in [-0.1, -0.05) is 6.92 Å². The summed E-state index contributed by atoms with van der Waals surface area (Å²) in [5, 5.41) is 3.16. The van der Waals surface area contributed by atoms with Gasteiger partial charge in [-0.05, 0) is 13.8 Å². The lowest BCUT2D eigenvalue weighted by molar-refractivity contribution is 0.0870. The van der Waals surface area contributed by atoms with Crippen molar-refractivity contribution in [2.75, 3.05) is 24.2 Å². The van der Waals surface area contributed by atoms with Crippen molar-refractivity contribution in [2.45, 2.75) is 33.3 Å². The predicted octanol–water partition coefficient (Wildman–Crippen LogP) is 1.46. The molecular formula is C11H20N4O. The molecule has 0 unspecified atom stereocenters. The Hall–Kier alpha value is -1.36. The molecule has 16 heavy (non-hydrogen) atoms. The van der Waals surface area contributed by atoms with E-state index in [1.165, 1.54) is 0 Å². The molecule has 0 aliphatic heterocycles. The minimum Gasteiger partial charge on any atom is -0.384 e. The summed E-state index contributed by atoms with van der Waals surface area (Å²) in [7, 11) is 0. The number of nitrogen functional groups attached to an aromatic ring is 1. The summed E-state index contributed by atoms with van der Waals surface area (Å²) in [6.45, 7) is 7.40. The lowest BCUT2D eigenvalue weighted by Crippen LogP contribution is -2.14. The lowest BCUT2D eigenvalue weighted by Gasteiger charge is -2.09. The first-order chi connectivity index (χ1) is 7.61. The van der Waals surface area contributed by atoms with Crippen molar-refractivity contribution in [1.29, 1.82) is 0 Å². The van der Waals surface area contributed by atoms with E-state index < -0.39 is 0 Å². The molecule has 3 N–H and O–H groups in total. The number of nitrogens with one attached hydrogen (secondary N) is 1. The van der Waals surface area contributed by atoms with Crippen LogP contribution in [0.15, 0.2) is 6.07 Å². The standard InChI is InChI=1S/C11H20N4O/c1-4-10-14-9(12)7-11(15-10)13-5-6-16-8(2)3/h7-8H,4-6H2,1-3H3,(H3,12,13,14,15). The fourth-order valence-electron chi connectivity index (χ4n) is 1.24. The molecule has 0 fully saturated rings. The molecule has 1 heterocycles. The first kappa shape index (κ1) is 12.7. The molecule has 0 amide bonds. The highest BCUT2D eigenvalue weighted by atomic mass is 16.5. The van der Waals surface area contributed by atoms with Gasteiger partial charge >= 0.3 is 0 Å². The van der Waals surface area contributed by atoms with Gasteiger partial charge in [0.25, 0.3) is 0 Å². The second-order valence-corrected chi connectivity index (χ2v) is 3.79.